The highest BCUT2D eigenvalue weighted by Gasteiger charge is 2.15. The molecule has 0 radical (unpaired) electrons. The summed E-state index contributed by atoms with van der Waals surface area (Å²) in [5.41, 5.74) is 2.93. The third-order valence-electron chi connectivity index (χ3n) is 4.95. The average molecular weight is 406 g/mol. The molecule has 1 aliphatic rings. The fourth-order valence-corrected chi connectivity index (χ4v) is 3.38. The second kappa shape index (κ2) is 9.55. The number of aromatic amines is 1. The number of anilines is 1. The highest BCUT2D eigenvalue weighted by Crippen LogP contribution is 2.26. The van der Waals surface area contributed by atoms with Gasteiger partial charge in [0.25, 0.3) is 5.91 Å². The summed E-state index contributed by atoms with van der Waals surface area (Å²) in [6.45, 7) is 0. The number of para-hydroxylation sites is 2. The number of nitrogens with one attached hydrogen (secondary N) is 2. The number of benzene rings is 2. The van der Waals surface area contributed by atoms with Crippen molar-refractivity contribution < 1.29 is 4.79 Å². The second-order valence-corrected chi connectivity index (χ2v) is 7.03. The lowest BCUT2D eigenvalue weighted by Gasteiger charge is -2.12. The number of carbonyl (C=O) groups excluding carboxylic acids is 1. The maximum atomic E-state index is 13.0. The number of allylic oxidation sites excluding steroid dienone is 10. The number of pyridine rings is 1. The molecule has 4 heteroatoms. The molecule has 0 saturated carbocycles. The van der Waals surface area contributed by atoms with Gasteiger partial charge in [-0.2, -0.15) is 0 Å². The van der Waals surface area contributed by atoms with E-state index in [2.05, 4.69) is 22.5 Å². The lowest BCUT2D eigenvalue weighted by Crippen LogP contribution is -2.22. The summed E-state index contributed by atoms with van der Waals surface area (Å²) in [5, 5.41) is 3.40. The zero-order valence-corrected chi connectivity index (χ0v) is 16.9. The van der Waals surface area contributed by atoms with Gasteiger partial charge in [-0.1, -0.05) is 85.0 Å². The Morgan fingerprint density at radius 3 is 2.55 bits per heavy atom. The number of hydrogen-bond acceptors (Lipinski definition) is 2. The van der Waals surface area contributed by atoms with Gasteiger partial charge in [0.1, 0.15) is 5.56 Å². The Hall–Kier alpha value is -4.18. The zero-order chi connectivity index (χ0) is 21.5. The van der Waals surface area contributed by atoms with Gasteiger partial charge in [-0.25, -0.2) is 0 Å². The summed E-state index contributed by atoms with van der Waals surface area (Å²) in [4.78, 5) is 28.8. The topological polar surface area (TPSA) is 62.0 Å². The van der Waals surface area contributed by atoms with Crippen LogP contribution in [0.4, 0.5) is 5.69 Å². The maximum Gasteiger partial charge on any atom is 0.261 e. The van der Waals surface area contributed by atoms with Crippen LogP contribution in [0.15, 0.2) is 114 Å². The summed E-state index contributed by atoms with van der Waals surface area (Å²) >= 11 is 0. The first-order valence-electron chi connectivity index (χ1n) is 10.1. The molecule has 0 aliphatic heterocycles. The molecule has 0 bridgehead atoms. The van der Waals surface area contributed by atoms with E-state index in [1.54, 1.807) is 12.1 Å². The van der Waals surface area contributed by atoms with Gasteiger partial charge in [0.15, 0.2) is 0 Å². The Kier molecular flexibility index (Phi) is 6.19. The third kappa shape index (κ3) is 4.70. The normalized spacial score (nSPS) is 19.4. The van der Waals surface area contributed by atoms with E-state index in [1.807, 2.05) is 78.9 Å². The number of aromatic nitrogens is 1. The molecule has 2 aromatic carbocycles. The van der Waals surface area contributed by atoms with Gasteiger partial charge in [0.05, 0.1) is 0 Å². The van der Waals surface area contributed by atoms with E-state index in [4.69, 9.17) is 0 Å². The molecule has 1 aliphatic carbocycles. The summed E-state index contributed by atoms with van der Waals surface area (Å²) in [7, 11) is 0. The predicted octanol–water partition coefficient (Wildman–Crippen LogP) is 5.79. The van der Waals surface area contributed by atoms with E-state index in [0.29, 0.717) is 16.6 Å². The molecule has 4 nitrogen and oxygen atoms in total. The summed E-state index contributed by atoms with van der Waals surface area (Å²) < 4.78 is 0. The van der Waals surface area contributed by atoms with Crippen molar-refractivity contribution in [3.05, 3.63) is 131 Å². The van der Waals surface area contributed by atoms with Crippen LogP contribution >= 0.6 is 0 Å². The smallest absolute Gasteiger partial charge is 0.261 e. The van der Waals surface area contributed by atoms with Crippen molar-refractivity contribution in [2.24, 2.45) is 0 Å². The summed E-state index contributed by atoms with van der Waals surface area (Å²) in [5.74, 6) is -0.445. The molecular formula is C27H22N2O2. The lowest BCUT2D eigenvalue weighted by molar-refractivity contribution is 0.102. The van der Waals surface area contributed by atoms with Crippen LogP contribution < -0.4 is 10.7 Å². The molecule has 2 N–H and O–H groups in total. The minimum atomic E-state index is -0.445. The van der Waals surface area contributed by atoms with Crippen LogP contribution in [0, 0.1) is 0 Å². The molecule has 152 valence electrons. The minimum Gasteiger partial charge on any atom is -0.360 e. The van der Waals surface area contributed by atoms with E-state index in [0.717, 1.165) is 17.6 Å². The van der Waals surface area contributed by atoms with Crippen LogP contribution in [0.3, 0.4) is 0 Å². The Balaban J connectivity index is 1.69. The number of hydrogen-bond donors (Lipinski definition) is 2. The zero-order valence-electron chi connectivity index (χ0n) is 16.9. The van der Waals surface area contributed by atoms with Crippen LogP contribution in [0.5, 0.6) is 0 Å². The van der Waals surface area contributed by atoms with Gasteiger partial charge in [-0.05, 0) is 30.2 Å². The van der Waals surface area contributed by atoms with E-state index >= 15 is 0 Å². The molecule has 1 heterocycles. The molecular weight excluding hydrogens is 384 g/mol. The third-order valence-corrected chi connectivity index (χ3v) is 4.95. The van der Waals surface area contributed by atoms with Gasteiger partial charge in [-0.15, -0.1) is 0 Å². The van der Waals surface area contributed by atoms with Crippen molar-refractivity contribution in [1.29, 1.82) is 0 Å². The van der Waals surface area contributed by atoms with Crippen LogP contribution in [0.1, 0.15) is 22.3 Å². The number of fused-ring (bicyclic) bond motifs is 1. The van der Waals surface area contributed by atoms with Gasteiger partial charge in [-0.3, -0.25) is 9.59 Å². The molecule has 3 aromatic rings. The first kappa shape index (κ1) is 20.1. The maximum absolute atomic E-state index is 13.0. The molecule has 4 rings (SSSR count). The Labute approximate surface area is 180 Å². The molecule has 0 atom stereocenters. The molecule has 0 fully saturated rings. The monoisotopic (exact) mass is 406 g/mol. The quantitative estimate of drug-likeness (QED) is 0.578. The molecule has 0 spiro atoms. The van der Waals surface area contributed by atoms with Crippen molar-refractivity contribution in [2.75, 3.05) is 5.32 Å². The fourth-order valence-electron chi connectivity index (χ4n) is 3.38. The van der Waals surface area contributed by atoms with Gasteiger partial charge < -0.3 is 10.3 Å². The highest BCUT2D eigenvalue weighted by molar-refractivity contribution is 6.07. The first-order valence-corrected chi connectivity index (χ1v) is 10.1. The van der Waals surface area contributed by atoms with Gasteiger partial charge >= 0.3 is 0 Å². The molecule has 1 aromatic heterocycles. The van der Waals surface area contributed by atoms with Crippen molar-refractivity contribution in [2.45, 2.75) is 6.42 Å². The largest absolute Gasteiger partial charge is 0.360 e. The molecule has 1 amide bonds. The first-order chi connectivity index (χ1) is 15.2. The second-order valence-electron chi connectivity index (χ2n) is 7.03. The van der Waals surface area contributed by atoms with E-state index < -0.39 is 5.91 Å². The SMILES string of the molecule is O=C(Nc1ccccc1C1=C/C=C\C=C/C\C=C/C=C\1)c1c[nH]c2ccccc2c1=O. The van der Waals surface area contributed by atoms with Crippen molar-refractivity contribution >= 4 is 28.1 Å². The predicted molar refractivity (Wildman–Crippen MR) is 128 cm³/mol. The fraction of sp³-hybridized carbons (Fsp3) is 0.0370. The van der Waals surface area contributed by atoms with E-state index in [1.165, 1.54) is 6.20 Å². The average Bonchev–Trinajstić information content (AvgIpc) is 2.86. The standard InChI is InChI=1S/C27H22N2O2/c30-26-22-16-10-11-17-24(22)28-19-23(26)27(31)29-25-18-12-9-15-21(25)20-13-7-5-3-1-2-4-6-8-14-20/h1,3-19H,2H2,(H,28,30)(H,29,31)/b3-1-,6-4-,7-5-,14-8-,20-13+. The van der Waals surface area contributed by atoms with Gasteiger partial charge in [0.2, 0.25) is 5.43 Å². The lowest BCUT2D eigenvalue weighted by atomic mass is 10.0. The van der Waals surface area contributed by atoms with E-state index in [9.17, 15) is 9.59 Å². The molecule has 0 unspecified atom stereocenters. The number of carbonyl (C=O) groups is 1. The Morgan fingerprint density at radius 2 is 1.65 bits per heavy atom. The number of amides is 1. The van der Waals surface area contributed by atoms with Crippen LogP contribution in [-0.2, 0) is 0 Å². The van der Waals surface area contributed by atoms with Crippen LogP contribution in [0.25, 0.3) is 16.5 Å². The summed E-state index contributed by atoms with van der Waals surface area (Å²) in [6.07, 6.45) is 20.4. The van der Waals surface area contributed by atoms with Crippen molar-refractivity contribution in [3.63, 3.8) is 0 Å². The molecule has 0 saturated heterocycles. The van der Waals surface area contributed by atoms with Crippen LogP contribution in [-0.4, -0.2) is 10.9 Å². The Bertz CT molecular complexity index is 1320. The Morgan fingerprint density at radius 1 is 0.871 bits per heavy atom. The molecule has 31 heavy (non-hydrogen) atoms. The number of H-pyrrole nitrogens is 1. The minimum absolute atomic E-state index is 0.0773. The number of rotatable bonds is 3. The highest BCUT2D eigenvalue weighted by atomic mass is 16.2. The van der Waals surface area contributed by atoms with Crippen molar-refractivity contribution in [3.8, 4) is 0 Å². The van der Waals surface area contributed by atoms with Crippen molar-refractivity contribution in [1.82, 2.24) is 4.98 Å². The van der Waals surface area contributed by atoms with Gasteiger partial charge in [0, 0.05) is 28.4 Å². The summed E-state index contributed by atoms with van der Waals surface area (Å²) in [6, 6.07) is 14.7. The van der Waals surface area contributed by atoms with Crippen LogP contribution in [0.2, 0.25) is 0 Å². The van der Waals surface area contributed by atoms with E-state index in [-0.39, 0.29) is 11.0 Å².